The molecule has 2 aromatic carbocycles. The van der Waals surface area contributed by atoms with Crippen LogP contribution in [-0.2, 0) is 15.1 Å². The number of ether oxygens (including phenoxy) is 1. The molecule has 0 aliphatic heterocycles. The summed E-state index contributed by atoms with van der Waals surface area (Å²) in [6.07, 6.45) is 0. The molecule has 2 aromatic rings. The minimum Gasteiger partial charge on any atom is -0.466 e. The van der Waals surface area contributed by atoms with Gasteiger partial charge in [-0.05, 0) is 5.56 Å². The largest absolute Gasteiger partial charge is 0.466 e. The highest BCUT2D eigenvalue weighted by molar-refractivity contribution is 5.85. The van der Waals surface area contributed by atoms with E-state index in [0.29, 0.717) is 0 Å². The van der Waals surface area contributed by atoms with Crippen LogP contribution < -0.4 is 0 Å². The molecular weight excluding hydrogens is 274 g/mol. The van der Waals surface area contributed by atoms with Gasteiger partial charge in [0.25, 0.3) is 5.69 Å². The quantitative estimate of drug-likeness (QED) is 0.527. The van der Waals surface area contributed by atoms with Gasteiger partial charge in [0.1, 0.15) is 0 Å². The zero-order chi connectivity index (χ0) is 15.5. The topological polar surface area (TPSA) is 89.7 Å². The van der Waals surface area contributed by atoms with Crippen LogP contribution in [-0.4, -0.2) is 23.1 Å². The molecule has 6 heteroatoms. The van der Waals surface area contributed by atoms with Crippen LogP contribution in [0.3, 0.4) is 0 Å². The van der Waals surface area contributed by atoms with E-state index in [2.05, 4.69) is 4.74 Å². The first-order valence-corrected chi connectivity index (χ1v) is 6.11. The maximum absolute atomic E-state index is 12.1. The Kier molecular flexibility index (Phi) is 4.00. The molecule has 0 amide bonds. The average molecular weight is 287 g/mol. The van der Waals surface area contributed by atoms with Crippen LogP contribution >= 0.6 is 0 Å². The lowest BCUT2D eigenvalue weighted by atomic mass is 9.86. The lowest BCUT2D eigenvalue weighted by Gasteiger charge is -2.26. The van der Waals surface area contributed by atoms with E-state index in [9.17, 15) is 20.0 Å². The van der Waals surface area contributed by atoms with Gasteiger partial charge in [0.15, 0.2) is 0 Å². The predicted molar refractivity (Wildman–Crippen MR) is 74.6 cm³/mol. The number of esters is 1. The Morgan fingerprint density at radius 3 is 2.33 bits per heavy atom. The molecule has 0 spiro atoms. The molecular formula is C15H13NO5. The molecule has 0 radical (unpaired) electrons. The van der Waals surface area contributed by atoms with Gasteiger partial charge in [-0.1, -0.05) is 42.5 Å². The Balaban J connectivity index is 2.64. The highest BCUT2D eigenvalue weighted by Crippen LogP contribution is 2.32. The van der Waals surface area contributed by atoms with Crippen LogP contribution in [0.15, 0.2) is 54.6 Å². The second-order valence-corrected chi connectivity index (χ2v) is 4.38. The van der Waals surface area contributed by atoms with Gasteiger partial charge in [-0.25, -0.2) is 4.79 Å². The first-order chi connectivity index (χ1) is 10.00. The number of non-ortho nitro benzene ring substituents is 1. The summed E-state index contributed by atoms with van der Waals surface area (Å²) in [5.74, 6) is -0.908. The molecule has 1 unspecified atom stereocenters. The summed E-state index contributed by atoms with van der Waals surface area (Å²) in [6.45, 7) is 0. The van der Waals surface area contributed by atoms with Crippen LogP contribution in [0.4, 0.5) is 5.69 Å². The van der Waals surface area contributed by atoms with Crippen LogP contribution in [0.1, 0.15) is 11.1 Å². The normalized spacial score (nSPS) is 13.2. The van der Waals surface area contributed by atoms with Crippen LogP contribution in [0.25, 0.3) is 0 Å². The minimum absolute atomic E-state index is 0.0785. The Labute approximate surface area is 120 Å². The van der Waals surface area contributed by atoms with E-state index in [-0.39, 0.29) is 16.8 Å². The summed E-state index contributed by atoms with van der Waals surface area (Å²) in [5, 5.41) is 21.7. The zero-order valence-corrected chi connectivity index (χ0v) is 11.2. The zero-order valence-electron chi connectivity index (χ0n) is 11.2. The molecule has 1 N–H and O–H groups in total. The van der Waals surface area contributed by atoms with Gasteiger partial charge in [0, 0.05) is 17.7 Å². The molecule has 0 aliphatic carbocycles. The first kappa shape index (κ1) is 14.7. The third-order valence-electron chi connectivity index (χ3n) is 3.15. The number of nitrogens with zero attached hydrogens (tertiary/aromatic N) is 1. The van der Waals surface area contributed by atoms with Gasteiger partial charge < -0.3 is 9.84 Å². The van der Waals surface area contributed by atoms with Crippen molar-refractivity contribution in [2.24, 2.45) is 0 Å². The number of carbonyl (C=O) groups is 1. The van der Waals surface area contributed by atoms with Crippen LogP contribution in [0.2, 0.25) is 0 Å². The minimum atomic E-state index is -2.10. The monoisotopic (exact) mass is 287 g/mol. The number of rotatable bonds is 4. The lowest BCUT2D eigenvalue weighted by Crippen LogP contribution is -2.38. The van der Waals surface area contributed by atoms with E-state index in [1.54, 1.807) is 30.3 Å². The van der Waals surface area contributed by atoms with E-state index >= 15 is 0 Å². The molecule has 0 bridgehead atoms. The summed E-state index contributed by atoms with van der Waals surface area (Å²) >= 11 is 0. The van der Waals surface area contributed by atoms with E-state index in [1.807, 2.05) is 0 Å². The standard InChI is InChI=1S/C15H13NO5/c1-21-14(17)15(18,11-6-3-2-4-7-11)12-8-5-9-13(10-12)16(19)20/h2-10,18H,1H3. The molecule has 2 rings (SSSR count). The molecule has 0 aromatic heterocycles. The molecule has 21 heavy (non-hydrogen) atoms. The number of hydrogen-bond acceptors (Lipinski definition) is 5. The Morgan fingerprint density at radius 2 is 1.76 bits per heavy atom. The molecule has 108 valence electrons. The van der Waals surface area contributed by atoms with Gasteiger partial charge in [-0.3, -0.25) is 10.1 Å². The van der Waals surface area contributed by atoms with E-state index in [1.165, 1.54) is 18.2 Å². The van der Waals surface area contributed by atoms with Crippen molar-refractivity contribution in [3.63, 3.8) is 0 Å². The highest BCUT2D eigenvalue weighted by atomic mass is 16.6. The third-order valence-corrected chi connectivity index (χ3v) is 3.15. The number of benzene rings is 2. The number of aliphatic hydroxyl groups is 1. The van der Waals surface area contributed by atoms with Gasteiger partial charge in [0.05, 0.1) is 12.0 Å². The molecule has 0 saturated carbocycles. The van der Waals surface area contributed by atoms with Crippen LogP contribution in [0.5, 0.6) is 0 Å². The smallest absolute Gasteiger partial charge is 0.347 e. The van der Waals surface area contributed by atoms with Crippen molar-refractivity contribution in [1.82, 2.24) is 0 Å². The van der Waals surface area contributed by atoms with Gasteiger partial charge >= 0.3 is 5.97 Å². The van der Waals surface area contributed by atoms with Crippen molar-refractivity contribution in [2.75, 3.05) is 7.11 Å². The fraction of sp³-hybridized carbons (Fsp3) is 0.133. The first-order valence-electron chi connectivity index (χ1n) is 6.11. The third kappa shape index (κ3) is 2.61. The predicted octanol–water partition coefficient (Wildman–Crippen LogP) is 2.00. The molecule has 0 aliphatic rings. The Morgan fingerprint density at radius 1 is 1.14 bits per heavy atom. The molecule has 0 heterocycles. The highest BCUT2D eigenvalue weighted by Gasteiger charge is 2.41. The van der Waals surface area contributed by atoms with Crippen molar-refractivity contribution in [2.45, 2.75) is 5.60 Å². The maximum atomic E-state index is 12.1. The van der Waals surface area contributed by atoms with Crippen molar-refractivity contribution in [1.29, 1.82) is 0 Å². The lowest BCUT2D eigenvalue weighted by molar-refractivity contribution is -0.385. The van der Waals surface area contributed by atoms with Crippen molar-refractivity contribution in [3.05, 3.63) is 75.8 Å². The summed E-state index contributed by atoms with van der Waals surface area (Å²) in [6, 6.07) is 13.4. The summed E-state index contributed by atoms with van der Waals surface area (Å²) < 4.78 is 4.67. The average Bonchev–Trinajstić information content (AvgIpc) is 2.54. The van der Waals surface area contributed by atoms with Gasteiger partial charge in [0.2, 0.25) is 5.60 Å². The molecule has 1 atom stereocenters. The fourth-order valence-corrected chi connectivity index (χ4v) is 2.07. The number of methoxy groups -OCH3 is 1. The van der Waals surface area contributed by atoms with Crippen molar-refractivity contribution in [3.8, 4) is 0 Å². The van der Waals surface area contributed by atoms with Gasteiger partial charge in [-0.15, -0.1) is 0 Å². The SMILES string of the molecule is COC(=O)C(O)(c1ccccc1)c1cccc([N+](=O)[O-])c1. The van der Waals surface area contributed by atoms with E-state index < -0.39 is 16.5 Å². The van der Waals surface area contributed by atoms with Gasteiger partial charge in [-0.2, -0.15) is 0 Å². The van der Waals surface area contributed by atoms with Crippen LogP contribution in [0, 0.1) is 10.1 Å². The number of nitro groups is 1. The number of carbonyl (C=O) groups excluding carboxylic acids is 1. The Bertz CT molecular complexity index is 671. The second kappa shape index (κ2) is 5.72. The number of hydrogen-bond donors (Lipinski definition) is 1. The maximum Gasteiger partial charge on any atom is 0.347 e. The van der Waals surface area contributed by atoms with Crippen molar-refractivity contribution >= 4 is 11.7 Å². The fourth-order valence-electron chi connectivity index (χ4n) is 2.07. The molecule has 0 saturated heterocycles. The second-order valence-electron chi connectivity index (χ2n) is 4.38. The van der Waals surface area contributed by atoms with Crippen molar-refractivity contribution < 1.29 is 19.6 Å². The van der Waals surface area contributed by atoms with E-state index in [4.69, 9.17) is 0 Å². The Hall–Kier alpha value is -2.73. The molecule has 0 fully saturated rings. The number of nitro benzene ring substituents is 1. The summed E-state index contributed by atoms with van der Waals surface area (Å²) in [4.78, 5) is 22.3. The summed E-state index contributed by atoms with van der Waals surface area (Å²) in [5.41, 5.74) is -1.96. The molecule has 6 nitrogen and oxygen atoms in total. The van der Waals surface area contributed by atoms with E-state index in [0.717, 1.165) is 13.2 Å². The summed E-state index contributed by atoms with van der Waals surface area (Å²) in [7, 11) is 1.15.